The minimum absolute atomic E-state index is 0.113. The zero-order chi connectivity index (χ0) is 26.2. The molecule has 37 heavy (non-hydrogen) atoms. The van der Waals surface area contributed by atoms with Crippen molar-refractivity contribution in [3.63, 3.8) is 0 Å². The average molecular weight is 537 g/mol. The van der Waals surface area contributed by atoms with Crippen molar-refractivity contribution >= 4 is 40.0 Å². The van der Waals surface area contributed by atoms with Gasteiger partial charge in [0.2, 0.25) is 11.8 Å². The number of thiazole rings is 1. The topological polar surface area (TPSA) is 111 Å². The number of nitrogens with zero attached hydrogens (tertiary/aromatic N) is 4. The number of hydrogen-bond acceptors (Lipinski definition) is 8. The van der Waals surface area contributed by atoms with Crippen LogP contribution < -0.4 is 15.4 Å². The number of rotatable bonds is 11. The van der Waals surface area contributed by atoms with Gasteiger partial charge in [0.15, 0.2) is 16.1 Å². The molecule has 0 radical (unpaired) electrons. The van der Waals surface area contributed by atoms with Gasteiger partial charge < -0.3 is 19.9 Å². The second-order valence-electron chi connectivity index (χ2n) is 8.07. The predicted octanol–water partition coefficient (Wildman–Crippen LogP) is 4.33. The van der Waals surface area contributed by atoms with Gasteiger partial charge in [-0.3, -0.25) is 9.59 Å². The number of methoxy groups -OCH3 is 1. The van der Waals surface area contributed by atoms with Crippen molar-refractivity contribution in [3.8, 4) is 17.0 Å². The van der Waals surface area contributed by atoms with E-state index in [0.29, 0.717) is 22.7 Å². The Morgan fingerprint density at radius 2 is 1.81 bits per heavy atom. The van der Waals surface area contributed by atoms with Crippen molar-refractivity contribution in [2.24, 2.45) is 0 Å². The van der Waals surface area contributed by atoms with Gasteiger partial charge in [-0.15, -0.1) is 21.5 Å². The lowest BCUT2D eigenvalue weighted by molar-refractivity contribution is -0.120. The zero-order valence-electron chi connectivity index (χ0n) is 20.9. The number of carbonyl (C=O) groups is 2. The van der Waals surface area contributed by atoms with E-state index in [-0.39, 0.29) is 30.5 Å². The molecule has 0 aliphatic carbocycles. The molecule has 2 aromatic heterocycles. The number of anilines is 1. The van der Waals surface area contributed by atoms with Crippen LogP contribution in [0.2, 0.25) is 0 Å². The molecule has 2 N–H and O–H groups in total. The smallest absolute Gasteiger partial charge is 0.236 e. The first-order valence-corrected chi connectivity index (χ1v) is 13.5. The van der Waals surface area contributed by atoms with E-state index in [9.17, 15) is 9.59 Å². The van der Waals surface area contributed by atoms with Crippen molar-refractivity contribution in [1.29, 1.82) is 0 Å². The molecule has 192 valence electrons. The lowest BCUT2D eigenvalue weighted by Gasteiger charge is -2.09. The summed E-state index contributed by atoms with van der Waals surface area (Å²) in [6.07, 6.45) is 0.258. The number of nitrogens with one attached hydrogen (secondary N) is 2. The third-order valence-electron chi connectivity index (χ3n) is 5.50. The summed E-state index contributed by atoms with van der Waals surface area (Å²) in [5, 5.41) is 15.4. The molecule has 9 nitrogen and oxygen atoms in total. The summed E-state index contributed by atoms with van der Waals surface area (Å²) < 4.78 is 7.04. The first kappa shape index (κ1) is 26.4. The molecule has 2 aromatic carbocycles. The largest absolute Gasteiger partial charge is 0.497 e. The van der Waals surface area contributed by atoms with E-state index in [2.05, 4.69) is 25.8 Å². The lowest BCUT2D eigenvalue weighted by atomic mass is 10.1. The van der Waals surface area contributed by atoms with Gasteiger partial charge in [0.25, 0.3) is 0 Å². The number of aryl methyl sites for hydroxylation is 1. The molecule has 0 bridgehead atoms. The van der Waals surface area contributed by atoms with E-state index in [0.717, 1.165) is 27.4 Å². The number of ether oxygens (including phenoxy) is 1. The van der Waals surface area contributed by atoms with Crippen molar-refractivity contribution in [2.75, 3.05) is 18.2 Å². The van der Waals surface area contributed by atoms with Crippen molar-refractivity contribution < 1.29 is 14.3 Å². The fourth-order valence-electron chi connectivity index (χ4n) is 3.64. The summed E-state index contributed by atoms with van der Waals surface area (Å²) in [4.78, 5) is 30.6. The van der Waals surface area contributed by atoms with Gasteiger partial charge in [-0.25, -0.2) is 4.98 Å². The summed E-state index contributed by atoms with van der Waals surface area (Å²) in [6.45, 7) is 4.83. The van der Waals surface area contributed by atoms with Crippen LogP contribution in [0.1, 0.15) is 23.2 Å². The maximum absolute atomic E-state index is 12.6. The normalized spacial score (nSPS) is 10.8. The van der Waals surface area contributed by atoms with Crippen LogP contribution >= 0.6 is 23.1 Å². The molecule has 11 heteroatoms. The molecule has 4 rings (SSSR count). The maximum Gasteiger partial charge on any atom is 0.236 e. The second-order valence-corrected chi connectivity index (χ2v) is 10.2. The average Bonchev–Trinajstić information content (AvgIpc) is 3.49. The van der Waals surface area contributed by atoms with Crippen LogP contribution in [-0.2, 0) is 29.1 Å². The van der Waals surface area contributed by atoms with Gasteiger partial charge in [-0.1, -0.05) is 54.2 Å². The molecule has 0 saturated heterocycles. The first-order valence-electron chi connectivity index (χ1n) is 11.7. The van der Waals surface area contributed by atoms with E-state index in [1.54, 1.807) is 7.11 Å². The molecule has 0 aliphatic heterocycles. The van der Waals surface area contributed by atoms with Crippen molar-refractivity contribution in [3.05, 3.63) is 70.9 Å². The lowest BCUT2D eigenvalue weighted by Crippen LogP contribution is -2.26. The van der Waals surface area contributed by atoms with Gasteiger partial charge in [-0.2, -0.15) is 0 Å². The van der Waals surface area contributed by atoms with Gasteiger partial charge in [0.05, 0.1) is 31.5 Å². The minimum atomic E-state index is -0.168. The van der Waals surface area contributed by atoms with Gasteiger partial charge in [0, 0.05) is 17.0 Å². The Bertz CT molecular complexity index is 1350. The molecule has 0 fully saturated rings. The third-order valence-corrected chi connectivity index (χ3v) is 7.35. The van der Waals surface area contributed by atoms with E-state index >= 15 is 0 Å². The molecule has 0 aliphatic rings. The zero-order valence-corrected chi connectivity index (χ0v) is 22.5. The number of thioether (sulfide) groups is 1. The van der Waals surface area contributed by atoms with E-state index in [4.69, 9.17) is 4.74 Å². The van der Waals surface area contributed by atoms with Crippen LogP contribution in [0, 0.1) is 6.92 Å². The highest BCUT2D eigenvalue weighted by atomic mass is 32.2. The van der Waals surface area contributed by atoms with Crippen LogP contribution in [0.3, 0.4) is 0 Å². The van der Waals surface area contributed by atoms with Gasteiger partial charge >= 0.3 is 0 Å². The second kappa shape index (κ2) is 12.5. The van der Waals surface area contributed by atoms with Crippen LogP contribution in [0.5, 0.6) is 5.75 Å². The Morgan fingerprint density at radius 3 is 2.51 bits per heavy atom. The highest BCUT2D eigenvalue weighted by Gasteiger charge is 2.16. The number of benzene rings is 2. The fourth-order valence-corrected chi connectivity index (χ4v) is 5.32. The molecule has 0 unspecified atom stereocenters. The van der Waals surface area contributed by atoms with E-state index < -0.39 is 0 Å². The van der Waals surface area contributed by atoms with Gasteiger partial charge in [0.1, 0.15) is 5.75 Å². The third kappa shape index (κ3) is 6.95. The maximum atomic E-state index is 12.6. The summed E-state index contributed by atoms with van der Waals surface area (Å²) in [5.74, 6) is 1.27. The summed E-state index contributed by atoms with van der Waals surface area (Å²) in [7, 11) is 1.61. The minimum Gasteiger partial charge on any atom is -0.497 e. The fraction of sp³-hybridized carbons (Fsp3) is 0.269. The number of amides is 2. The first-order chi connectivity index (χ1) is 18.0. The quantitative estimate of drug-likeness (QED) is 0.275. The molecule has 0 spiro atoms. The van der Waals surface area contributed by atoms with Crippen LogP contribution in [-0.4, -0.2) is 44.4 Å². The monoisotopic (exact) mass is 536 g/mol. The molecular formula is C26H28N6O3S2. The van der Waals surface area contributed by atoms with Crippen molar-refractivity contribution in [2.45, 2.75) is 38.5 Å². The Labute approximate surface area is 223 Å². The molecule has 0 atom stereocenters. The standard InChI is InChI=1S/C26H28N6O3S2/c1-4-32-21(15-27-22(33)14-18-10-12-20(35-3)13-11-18)30-31-26(32)36-16-23(34)28-25-29-24(17(2)37-25)19-8-6-5-7-9-19/h5-13H,4,14-16H2,1-3H3,(H,27,33)(H,28,29,34). The summed E-state index contributed by atoms with van der Waals surface area (Å²) in [5.41, 5.74) is 2.78. The van der Waals surface area contributed by atoms with Gasteiger partial charge in [-0.05, 0) is 31.5 Å². The summed E-state index contributed by atoms with van der Waals surface area (Å²) >= 11 is 2.75. The Balaban J connectivity index is 1.29. The van der Waals surface area contributed by atoms with Crippen molar-refractivity contribution in [1.82, 2.24) is 25.1 Å². The van der Waals surface area contributed by atoms with Crippen LogP contribution in [0.4, 0.5) is 5.13 Å². The van der Waals surface area contributed by atoms with E-state index in [1.807, 2.05) is 73.0 Å². The van der Waals surface area contributed by atoms with Crippen LogP contribution in [0.15, 0.2) is 59.8 Å². The van der Waals surface area contributed by atoms with E-state index in [1.165, 1.54) is 23.1 Å². The number of aromatic nitrogens is 4. The molecule has 4 aromatic rings. The number of hydrogen-bond donors (Lipinski definition) is 2. The molecule has 2 amide bonds. The molecule has 0 saturated carbocycles. The highest BCUT2D eigenvalue weighted by Crippen LogP contribution is 2.30. The highest BCUT2D eigenvalue weighted by molar-refractivity contribution is 7.99. The summed E-state index contributed by atoms with van der Waals surface area (Å²) in [6, 6.07) is 17.3. The Morgan fingerprint density at radius 1 is 1.05 bits per heavy atom. The molecular weight excluding hydrogens is 508 g/mol. The molecule has 2 heterocycles. The van der Waals surface area contributed by atoms with Crippen LogP contribution in [0.25, 0.3) is 11.3 Å². The number of carbonyl (C=O) groups excluding carboxylic acids is 2. The predicted molar refractivity (Wildman–Crippen MR) is 146 cm³/mol. The Hall–Kier alpha value is -3.70. The SMILES string of the molecule is CCn1c(CNC(=O)Cc2ccc(OC)cc2)nnc1SCC(=O)Nc1nc(-c2ccccc2)c(C)s1. The Kier molecular flexibility index (Phi) is 8.91.